The fraction of sp³-hybridized carbons (Fsp3) is 0.0952. The van der Waals surface area contributed by atoms with Crippen molar-refractivity contribution in [2.75, 3.05) is 10.6 Å². The third kappa shape index (κ3) is 4.76. The molecule has 2 N–H and O–H groups in total. The SMILES string of the molecule is CC(=O)c1cccc(NC(=O)c2ccc(NCc3ccccc3F)cn2)c1. The summed E-state index contributed by atoms with van der Waals surface area (Å²) in [4.78, 5) is 27.9. The number of benzene rings is 2. The number of amides is 1. The van der Waals surface area contributed by atoms with Crippen LogP contribution in [-0.4, -0.2) is 16.7 Å². The summed E-state index contributed by atoms with van der Waals surface area (Å²) >= 11 is 0. The topological polar surface area (TPSA) is 71.1 Å². The molecule has 0 spiro atoms. The molecule has 0 radical (unpaired) electrons. The molecule has 136 valence electrons. The summed E-state index contributed by atoms with van der Waals surface area (Å²) in [5.41, 5.74) is 2.50. The Kier molecular flexibility index (Phi) is 5.56. The Balaban J connectivity index is 1.63. The highest BCUT2D eigenvalue weighted by Gasteiger charge is 2.09. The fourth-order valence-electron chi connectivity index (χ4n) is 2.48. The summed E-state index contributed by atoms with van der Waals surface area (Å²) in [6.45, 7) is 1.78. The largest absolute Gasteiger partial charge is 0.380 e. The molecule has 0 aliphatic carbocycles. The Morgan fingerprint density at radius 1 is 1.00 bits per heavy atom. The van der Waals surface area contributed by atoms with Crippen LogP contribution in [0.15, 0.2) is 66.9 Å². The van der Waals surface area contributed by atoms with E-state index >= 15 is 0 Å². The molecule has 0 atom stereocenters. The smallest absolute Gasteiger partial charge is 0.274 e. The van der Waals surface area contributed by atoms with Crippen molar-refractivity contribution in [1.29, 1.82) is 0 Å². The molecule has 6 heteroatoms. The minimum Gasteiger partial charge on any atom is -0.380 e. The molecule has 5 nitrogen and oxygen atoms in total. The van der Waals surface area contributed by atoms with Crippen molar-refractivity contribution in [3.63, 3.8) is 0 Å². The van der Waals surface area contributed by atoms with E-state index in [1.54, 1.807) is 54.6 Å². The number of nitrogens with one attached hydrogen (secondary N) is 2. The highest BCUT2D eigenvalue weighted by molar-refractivity contribution is 6.04. The van der Waals surface area contributed by atoms with Gasteiger partial charge in [0.2, 0.25) is 0 Å². The number of rotatable bonds is 6. The van der Waals surface area contributed by atoms with Gasteiger partial charge < -0.3 is 10.6 Å². The van der Waals surface area contributed by atoms with Gasteiger partial charge in [-0.25, -0.2) is 9.37 Å². The van der Waals surface area contributed by atoms with E-state index in [0.29, 0.717) is 29.0 Å². The van der Waals surface area contributed by atoms with Gasteiger partial charge >= 0.3 is 0 Å². The molecule has 3 aromatic rings. The van der Waals surface area contributed by atoms with Gasteiger partial charge in [-0.1, -0.05) is 30.3 Å². The molecule has 0 saturated heterocycles. The Labute approximate surface area is 156 Å². The molecule has 1 amide bonds. The number of carbonyl (C=O) groups is 2. The van der Waals surface area contributed by atoms with E-state index < -0.39 is 0 Å². The van der Waals surface area contributed by atoms with Crippen molar-refractivity contribution in [2.45, 2.75) is 13.5 Å². The van der Waals surface area contributed by atoms with Gasteiger partial charge in [0, 0.05) is 23.4 Å². The van der Waals surface area contributed by atoms with E-state index in [2.05, 4.69) is 15.6 Å². The number of ketones is 1. The summed E-state index contributed by atoms with van der Waals surface area (Å²) in [5, 5.41) is 5.78. The van der Waals surface area contributed by atoms with Crippen LogP contribution in [0, 0.1) is 5.82 Å². The van der Waals surface area contributed by atoms with Gasteiger partial charge in [-0.2, -0.15) is 0 Å². The lowest BCUT2D eigenvalue weighted by Crippen LogP contribution is -2.14. The first kappa shape index (κ1) is 18.3. The first-order valence-corrected chi connectivity index (χ1v) is 8.38. The summed E-state index contributed by atoms with van der Waals surface area (Å²) in [6.07, 6.45) is 1.52. The Bertz CT molecular complexity index is 971. The average Bonchev–Trinajstić information content (AvgIpc) is 2.68. The lowest BCUT2D eigenvalue weighted by Gasteiger charge is -2.09. The van der Waals surface area contributed by atoms with Gasteiger partial charge in [0.25, 0.3) is 5.91 Å². The van der Waals surface area contributed by atoms with Crippen LogP contribution < -0.4 is 10.6 Å². The first-order valence-electron chi connectivity index (χ1n) is 8.38. The molecule has 3 rings (SSSR count). The van der Waals surface area contributed by atoms with E-state index in [0.717, 1.165) is 0 Å². The molecule has 0 aliphatic rings. The highest BCUT2D eigenvalue weighted by Crippen LogP contribution is 2.14. The molecule has 2 aromatic carbocycles. The Morgan fingerprint density at radius 2 is 1.81 bits per heavy atom. The maximum Gasteiger partial charge on any atom is 0.274 e. The zero-order chi connectivity index (χ0) is 19.2. The number of anilines is 2. The minimum absolute atomic E-state index is 0.0745. The molecule has 27 heavy (non-hydrogen) atoms. The van der Waals surface area contributed by atoms with Crippen LogP contribution in [0.1, 0.15) is 33.3 Å². The quantitative estimate of drug-likeness (QED) is 0.641. The lowest BCUT2D eigenvalue weighted by molar-refractivity contribution is 0.100. The van der Waals surface area contributed by atoms with Gasteiger partial charge in [0.05, 0.1) is 11.9 Å². The number of hydrogen-bond acceptors (Lipinski definition) is 4. The molecular weight excluding hydrogens is 345 g/mol. The minimum atomic E-state index is -0.378. The number of nitrogens with zero attached hydrogens (tertiary/aromatic N) is 1. The number of Topliss-reactive ketones (excluding diaryl/α,β-unsaturated/α-hetero) is 1. The Morgan fingerprint density at radius 3 is 2.52 bits per heavy atom. The summed E-state index contributed by atoms with van der Waals surface area (Å²) in [6, 6.07) is 16.5. The normalized spacial score (nSPS) is 10.3. The molecule has 0 aliphatic heterocycles. The average molecular weight is 363 g/mol. The number of hydrogen-bond donors (Lipinski definition) is 2. The van der Waals surface area contributed by atoms with Crippen molar-refractivity contribution >= 4 is 23.1 Å². The monoisotopic (exact) mass is 363 g/mol. The Hall–Kier alpha value is -3.54. The molecule has 0 saturated carbocycles. The van der Waals surface area contributed by atoms with Gasteiger partial charge in [0.1, 0.15) is 11.5 Å². The van der Waals surface area contributed by atoms with Gasteiger partial charge in [-0.3, -0.25) is 9.59 Å². The second kappa shape index (κ2) is 8.23. The first-order chi connectivity index (χ1) is 13.0. The van der Waals surface area contributed by atoms with E-state index in [1.165, 1.54) is 19.2 Å². The summed E-state index contributed by atoms with van der Waals surface area (Å²) in [5.74, 6) is -0.729. The van der Waals surface area contributed by atoms with E-state index in [1.807, 2.05) is 0 Å². The van der Waals surface area contributed by atoms with Crippen LogP contribution in [0.25, 0.3) is 0 Å². The van der Waals surface area contributed by atoms with E-state index in [-0.39, 0.29) is 23.2 Å². The van der Waals surface area contributed by atoms with Crippen LogP contribution in [0.3, 0.4) is 0 Å². The van der Waals surface area contributed by atoms with Crippen molar-refractivity contribution in [3.8, 4) is 0 Å². The third-order valence-corrected chi connectivity index (χ3v) is 3.96. The van der Waals surface area contributed by atoms with Crippen LogP contribution in [0.4, 0.5) is 15.8 Å². The molecular formula is C21H18FN3O2. The van der Waals surface area contributed by atoms with E-state index in [4.69, 9.17) is 0 Å². The molecule has 0 bridgehead atoms. The zero-order valence-corrected chi connectivity index (χ0v) is 14.7. The van der Waals surface area contributed by atoms with Crippen LogP contribution >= 0.6 is 0 Å². The lowest BCUT2D eigenvalue weighted by atomic mass is 10.1. The third-order valence-electron chi connectivity index (χ3n) is 3.96. The second-order valence-corrected chi connectivity index (χ2v) is 5.97. The van der Waals surface area contributed by atoms with Gasteiger partial charge in [0.15, 0.2) is 5.78 Å². The van der Waals surface area contributed by atoms with Gasteiger partial charge in [-0.05, 0) is 37.3 Å². The second-order valence-electron chi connectivity index (χ2n) is 5.97. The number of carbonyl (C=O) groups excluding carboxylic acids is 2. The molecule has 0 fully saturated rings. The summed E-state index contributed by atoms with van der Waals surface area (Å²) < 4.78 is 13.6. The summed E-state index contributed by atoms with van der Waals surface area (Å²) in [7, 11) is 0. The standard InChI is InChI=1S/C21H18FN3O2/c1-14(26)15-6-4-7-17(11-15)25-21(27)20-10-9-18(13-24-20)23-12-16-5-2-3-8-19(16)22/h2-11,13,23H,12H2,1H3,(H,25,27). The predicted molar refractivity (Wildman–Crippen MR) is 102 cm³/mol. The van der Waals surface area contributed by atoms with Crippen LogP contribution in [0.5, 0.6) is 0 Å². The number of aromatic nitrogens is 1. The van der Waals surface area contributed by atoms with Crippen molar-refractivity contribution in [1.82, 2.24) is 4.98 Å². The zero-order valence-electron chi connectivity index (χ0n) is 14.7. The predicted octanol–water partition coefficient (Wildman–Crippen LogP) is 4.29. The van der Waals surface area contributed by atoms with Crippen molar-refractivity contribution < 1.29 is 14.0 Å². The van der Waals surface area contributed by atoms with Crippen LogP contribution in [0.2, 0.25) is 0 Å². The molecule has 0 unspecified atom stereocenters. The van der Waals surface area contributed by atoms with Gasteiger partial charge in [-0.15, -0.1) is 0 Å². The number of pyridine rings is 1. The number of halogens is 1. The maximum absolute atomic E-state index is 13.6. The highest BCUT2D eigenvalue weighted by atomic mass is 19.1. The van der Waals surface area contributed by atoms with E-state index in [9.17, 15) is 14.0 Å². The fourth-order valence-corrected chi connectivity index (χ4v) is 2.48. The molecule has 1 aromatic heterocycles. The van der Waals surface area contributed by atoms with Crippen molar-refractivity contribution in [3.05, 3.63) is 89.5 Å². The maximum atomic E-state index is 13.6. The molecule has 1 heterocycles. The van der Waals surface area contributed by atoms with Crippen molar-refractivity contribution in [2.24, 2.45) is 0 Å². The van der Waals surface area contributed by atoms with Crippen LogP contribution in [-0.2, 0) is 6.54 Å².